The molecule has 34 heavy (non-hydrogen) atoms. The highest BCUT2D eigenvalue weighted by molar-refractivity contribution is 6.34. The molecule has 9 nitrogen and oxygen atoms in total. The van der Waals surface area contributed by atoms with Gasteiger partial charge in [0.1, 0.15) is 23.0 Å². The minimum atomic E-state index is -0.506. The maximum atomic E-state index is 12.4. The topological polar surface area (TPSA) is 125 Å². The number of hydrogen-bond acceptors (Lipinski definition) is 7. The monoisotopic (exact) mass is 481 g/mol. The van der Waals surface area contributed by atoms with Crippen LogP contribution < -0.4 is 25.8 Å². The summed E-state index contributed by atoms with van der Waals surface area (Å²) in [7, 11) is 1.55. The van der Waals surface area contributed by atoms with Gasteiger partial charge in [-0.05, 0) is 24.3 Å². The number of hydrogen-bond donors (Lipinski definition) is 3. The number of nitrogens with one attached hydrogen (secondary N) is 2. The maximum absolute atomic E-state index is 12.4. The van der Waals surface area contributed by atoms with Crippen molar-refractivity contribution in [1.82, 2.24) is 10.1 Å². The van der Waals surface area contributed by atoms with E-state index in [1.165, 1.54) is 0 Å². The lowest BCUT2D eigenvalue weighted by molar-refractivity contribution is 0.262. The van der Waals surface area contributed by atoms with Gasteiger partial charge >= 0.3 is 6.03 Å². The number of nitrogens with two attached hydrogens (primary N) is 1. The molecule has 176 valence electrons. The molecular weight excluding hydrogens is 458 g/mol. The van der Waals surface area contributed by atoms with Gasteiger partial charge in [-0.15, -0.1) is 0 Å². The molecule has 4 N–H and O–H groups in total. The Bertz CT molecular complexity index is 1360. The van der Waals surface area contributed by atoms with E-state index in [1.54, 1.807) is 55.8 Å². The number of pyridine rings is 1. The second-order valence-electron chi connectivity index (χ2n) is 8.57. The molecule has 0 atom stereocenters. The highest BCUT2D eigenvalue weighted by Gasteiger charge is 2.20. The number of benzene rings is 2. The Hall–Kier alpha value is -3.98. The number of ether oxygens (including phenoxy) is 2. The van der Waals surface area contributed by atoms with Gasteiger partial charge in [-0.1, -0.05) is 37.5 Å². The van der Waals surface area contributed by atoms with Crippen molar-refractivity contribution in [2.75, 3.05) is 23.5 Å². The third-order valence-electron chi connectivity index (χ3n) is 4.96. The van der Waals surface area contributed by atoms with Gasteiger partial charge in [0.25, 0.3) is 0 Å². The predicted molar refractivity (Wildman–Crippen MR) is 132 cm³/mol. The lowest BCUT2D eigenvalue weighted by Gasteiger charge is -2.13. The number of amides is 2. The smallest absolute Gasteiger partial charge is 0.324 e. The number of carbonyl (C=O) groups excluding carboxylic acids is 1. The fourth-order valence-electron chi connectivity index (χ4n) is 3.18. The summed E-state index contributed by atoms with van der Waals surface area (Å²) < 4.78 is 16.5. The summed E-state index contributed by atoms with van der Waals surface area (Å²) >= 11 is 6.38. The van der Waals surface area contributed by atoms with Crippen LogP contribution >= 0.6 is 11.6 Å². The van der Waals surface area contributed by atoms with Gasteiger partial charge in [0.2, 0.25) is 0 Å². The molecule has 4 rings (SSSR count). The number of rotatable bonds is 5. The summed E-state index contributed by atoms with van der Waals surface area (Å²) in [4.78, 5) is 16.7. The molecule has 0 aliphatic rings. The van der Waals surface area contributed by atoms with Crippen molar-refractivity contribution >= 4 is 45.7 Å². The van der Waals surface area contributed by atoms with Crippen molar-refractivity contribution in [1.29, 1.82) is 0 Å². The molecule has 0 radical (unpaired) electrons. The van der Waals surface area contributed by atoms with Crippen LogP contribution in [0.1, 0.15) is 26.5 Å². The number of aromatic nitrogens is 2. The molecule has 2 amide bonds. The molecule has 0 saturated carbocycles. The molecule has 4 aromatic rings. The Morgan fingerprint density at radius 1 is 1.09 bits per heavy atom. The summed E-state index contributed by atoms with van der Waals surface area (Å²) in [5, 5.41) is 10.2. The molecule has 0 aliphatic heterocycles. The average Bonchev–Trinajstić information content (AvgIpc) is 3.24. The lowest BCUT2D eigenvalue weighted by atomic mass is 9.93. The second kappa shape index (κ2) is 9.11. The summed E-state index contributed by atoms with van der Waals surface area (Å²) in [6.45, 7) is 5.96. The molecular formula is C24H24ClN5O4. The van der Waals surface area contributed by atoms with Crippen LogP contribution in [0, 0.1) is 0 Å². The highest BCUT2D eigenvalue weighted by Crippen LogP contribution is 2.36. The molecule has 10 heteroatoms. The number of nitrogen functional groups attached to an aromatic ring is 1. The number of halogens is 1. The van der Waals surface area contributed by atoms with Crippen molar-refractivity contribution in [2.45, 2.75) is 26.2 Å². The second-order valence-corrected chi connectivity index (χ2v) is 8.98. The zero-order chi connectivity index (χ0) is 24.5. The van der Waals surface area contributed by atoms with Crippen molar-refractivity contribution in [3.8, 4) is 17.2 Å². The van der Waals surface area contributed by atoms with E-state index in [0.717, 1.165) is 5.39 Å². The maximum Gasteiger partial charge on any atom is 0.324 e. The summed E-state index contributed by atoms with van der Waals surface area (Å²) in [6, 6.07) is 11.3. The van der Waals surface area contributed by atoms with Gasteiger partial charge < -0.3 is 25.0 Å². The van der Waals surface area contributed by atoms with Gasteiger partial charge in [-0.25, -0.2) is 4.79 Å². The predicted octanol–water partition coefficient (Wildman–Crippen LogP) is 6.20. The first-order valence-electron chi connectivity index (χ1n) is 10.4. The standard InChI is InChI=1S/C24H24ClN5O4/c1-24(2,3)21-12-22(30-34-21)29-23(31)28-17-6-5-13(9-15(17)25)33-19-7-8-27-18-11-20(32-4)16(26)10-14(18)19/h5-12H,26H2,1-4H3,(H2,28,29,30,31). The third kappa shape index (κ3) is 4.99. The fraction of sp³-hybridized carbons (Fsp3) is 0.208. The minimum Gasteiger partial charge on any atom is -0.495 e. The number of anilines is 3. The molecule has 0 saturated heterocycles. The summed E-state index contributed by atoms with van der Waals surface area (Å²) in [6.07, 6.45) is 1.63. The van der Waals surface area contributed by atoms with E-state index in [4.69, 9.17) is 31.3 Å². The van der Waals surface area contributed by atoms with Crippen LogP contribution in [0.25, 0.3) is 10.9 Å². The van der Waals surface area contributed by atoms with E-state index in [0.29, 0.717) is 50.7 Å². The molecule has 2 aromatic heterocycles. The Kier molecular flexibility index (Phi) is 6.21. The first kappa shape index (κ1) is 23.2. The Morgan fingerprint density at radius 3 is 2.56 bits per heavy atom. The molecule has 0 fully saturated rings. The quantitative estimate of drug-likeness (QED) is 0.290. The molecule has 2 heterocycles. The number of methoxy groups -OCH3 is 1. The number of fused-ring (bicyclic) bond motifs is 1. The molecule has 0 aliphatic carbocycles. The number of nitrogens with zero attached hydrogens (tertiary/aromatic N) is 2. The van der Waals surface area contributed by atoms with E-state index in [2.05, 4.69) is 20.8 Å². The zero-order valence-corrected chi connectivity index (χ0v) is 19.9. The van der Waals surface area contributed by atoms with E-state index >= 15 is 0 Å². The molecule has 2 aromatic carbocycles. The van der Waals surface area contributed by atoms with Crippen LogP contribution in [-0.2, 0) is 5.41 Å². The van der Waals surface area contributed by atoms with Gasteiger partial charge in [-0.2, -0.15) is 0 Å². The number of urea groups is 1. The Morgan fingerprint density at radius 2 is 1.88 bits per heavy atom. The summed E-state index contributed by atoms with van der Waals surface area (Å²) in [5.74, 6) is 2.53. The first-order chi connectivity index (χ1) is 16.1. The van der Waals surface area contributed by atoms with Crippen molar-refractivity contribution < 1.29 is 18.8 Å². The van der Waals surface area contributed by atoms with Crippen LogP contribution in [-0.4, -0.2) is 23.3 Å². The average molecular weight is 482 g/mol. The first-order valence-corrected chi connectivity index (χ1v) is 10.8. The largest absolute Gasteiger partial charge is 0.495 e. The zero-order valence-electron chi connectivity index (χ0n) is 19.1. The number of carbonyl (C=O) groups is 1. The summed E-state index contributed by atoms with van der Waals surface area (Å²) in [5.41, 5.74) is 7.37. The van der Waals surface area contributed by atoms with E-state index < -0.39 is 6.03 Å². The van der Waals surface area contributed by atoms with Crippen LogP contribution in [0.4, 0.5) is 22.0 Å². The Labute approximate surface area is 201 Å². The highest BCUT2D eigenvalue weighted by atomic mass is 35.5. The van der Waals surface area contributed by atoms with Crippen LogP contribution in [0.15, 0.2) is 53.2 Å². The van der Waals surface area contributed by atoms with Crippen LogP contribution in [0.3, 0.4) is 0 Å². The molecule has 0 bridgehead atoms. The van der Waals surface area contributed by atoms with Crippen LogP contribution in [0.5, 0.6) is 17.2 Å². The molecule has 0 spiro atoms. The fourth-order valence-corrected chi connectivity index (χ4v) is 3.39. The Balaban J connectivity index is 1.48. The van der Waals surface area contributed by atoms with Crippen molar-refractivity contribution in [3.05, 3.63) is 59.4 Å². The van der Waals surface area contributed by atoms with Crippen molar-refractivity contribution in [2.24, 2.45) is 0 Å². The third-order valence-corrected chi connectivity index (χ3v) is 5.27. The van der Waals surface area contributed by atoms with Gasteiger partial charge in [-0.3, -0.25) is 10.3 Å². The molecule has 0 unspecified atom stereocenters. The van der Waals surface area contributed by atoms with E-state index in [9.17, 15) is 4.79 Å². The van der Waals surface area contributed by atoms with Gasteiger partial charge in [0.05, 0.1) is 29.0 Å². The lowest BCUT2D eigenvalue weighted by Crippen LogP contribution is -2.19. The van der Waals surface area contributed by atoms with Gasteiger partial charge in [0.15, 0.2) is 5.82 Å². The minimum absolute atomic E-state index is 0.222. The van der Waals surface area contributed by atoms with Gasteiger partial charge in [0, 0.05) is 35.2 Å². The SMILES string of the molecule is COc1cc2nccc(Oc3ccc(NC(=O)Nc4cc(C(C)(C)C)on4)c(Cl)c3)c2cc1N. The normalized spacial score (nSPS) is 11.3. The van der Waals surface area contributed by atoms with E-state index in [1.807, 2.05) is 20.8 Å². The van der Waals surface area contributed by atoms with E-state index in [-0.39, 0.29) is 5.41 Å². The van der Waals surface area contributed by atoms with Crippen LogP contribution in [0.2, 0.25) is 5.02 Å². The van der Waals surface area contributed by atoms with Crippen molar-refractivity contribution in [3.63, 3.8) is 0 Å².